The molecular formula is C15H26N4. The minimum absolute atomic E-state index is 0.763. The maximum Gasteiger partial charge on any atom is 0.0692 e. The van der Waals surface area contributed by atoms with E-state index in [1.54, 1.807) is 6.20 Å². The Kier molecular flexibility index (Phi) is 4.16. The van der Waals surface area contributed by atoms with Gasteiger partial charge in [-0.15, -0.1) is 5.10 Å². The maximum atomic E-state index is 3.99. The number of nitrogens with one attached hydrogen (secondary N) is 1. The monoisotopic (exact) mass is 262 g/mol. The molecule has 0 bridgehead atoms. The molecule has 0 aliphatic heterocycles. The third kappa shape index (κ3) is 3.35. The second-order valence-electron chi connectivity index (χ2n) is 6.46. The van der Waals surface area contributed by atoms with Crippen molar-refractivity contribution in [3.63, 3.8) is 0 Å². The Morgan fingerprint density at radius 3 is 2.63 bits per heavy atom. The van der Waals surface area contributed by atoms with Gasteiger partial charge in [-0.3, -0.25) is 4.68 Å². The van der Waals surface area contributed by atoms with Gasteiger partial charge < -0.3 is 5.32 Å². The lowest BCUT2D eigenvalue weighted by Crippen LogP contribution is -2.37. The lowest BCUT2D eigenvalue weighted by molar-refractivity contribution is 0.168. The quantitative estimate of drug-likeness (QED) is 0.830. The first kappa shape index (κ1) is 13.1. The average Bonchev–Trinajstić information content (AvgIpc) is 3.09. The molecule has 1 aromatic heterocycles. The highest BCUT2D eigenvalue weighted by Crippen LogP contribution is 2.48. The summed E-state index contributed by atoms with van der Waals surface area (Å²) in [5, 5.41) is 11.5. The van der Waals surface area contributed by atoms with E-state index in [1.165, 1.54) is 51.4 Å². The molecule has 1 aromatic rings. The van der Waals surface area contributed by atoms with Gasteiger partial charge in [-0.2, -0.15) is 0 Å². The fourth-order valence-corrected chi connectivity index (χ4v) is 3.96. The molecule has 1 N–H and O–H groups in total. The Hall–Kier alpha value is -0.900. The van der Waals surface area contributed by atoms with Crippen molar-refractivity contribution in [2.24, 2.45) is 5.41 Å². The summed E-state index contributed by atoms with van der Waals surface area (Å²) in [6.45, 7) is 2.08. The van der Waals surface area contributed by atoms with Crippen LogP contribution in [0.3, 0.4) is 0 Å². The molecule has 2 aliphatic carbocycles. The highest BCUT2D eigenvalue weighted by atomic mass is 15.4. The van der Waals surface area contributed by atoms with Crippen molar-refractivity contribution in [1.82, 2.24) is 20.3 Å². The summed E-state index contributed by atoms with van der Waals surface area (Å²) in [6.07, 6.45) is 16.5. The molecule has 0 radical (unpaired) electrons. The molecule has 0 amide bonds. The highest BCUT2D eigenvalue weighted by Gasteiger charge is 2.37. The van der Waals surface area contributed by atoms with E-state index in [1.807, 2.05) is 10.9 Å². The van der Waals surface area contributed by atoms with Crippen LogP contribution in [0.1, 0.15) is 57.8 Å². The van der Waals surface area contributed by atoms with Gasteiger partial charge in [-0.05, 0) is 56.9 Å². The Morgan fingerprint density at radius 2 is 1.95 bits per heavy atom. The van der Waals surface area contributed by atoms with Crippen LogP contribution in [0.25, 0.3) is 0 Å². The van der Waals surface area contributed by atoms with Crippen LogP contribution in [0.2, 0.25) is 0 Å². The topological polar surface area (TPSA) is 42.7 Å². The van der Waals surface area contributed by atoms with Gasteiger partial charge in [0.2, 0.25) is 0 Å². The summed E-state index contributed by atoms with van der Waals surface area (Å²) in [4.78, 5) is 0. The summed E-state index contributed by atoms with van der Waals surface area (Å²) in [7, 11) is 0. The Balaban J connectivity index is 1.31. The second kappa shape index (κ2) is 6.04. The van der Waals surface area contributed by atoms with Crippen LogP contribution >= 0.6 is 0 Å². The normalized spacial score (nSPS) is 23.2. The molecule has 4 heteroatoms. The number of rotatable bonds is 5. The van der Waals surface area contributed by atoms with Gasteiger partial charge >= 0.3 is 0 Å². The van der Waals surface area contributed by atoms with E-state index in [2.05, 4.69) is 15.6 Å². The minimum Gasteiger partial charge on any atom is -0.314 e. The number of hydrogen-bond acceptors (Lipinski definition) is 3. The maximum absolute atomic E-state index is 3.99. The fourth-order valence-electron chi connectivity index (χ4n) is 3.96. The minimum atomic E-state index is 0.763. The van der Waals surface area contributed by atoms with Crippen LogP contribution in [-0.4, -0.2) is 27.6 Å². The van der Waals surface area contributed by atoms with Crippen molar-refractivity contribution in [2.75, 3.05) is 6.54 Å². The van der Waals surface area contributed by atoms with Gasteiger partial charge in [0.25, 0.3) is 0 Å². The van der Waals surface area contributed by atoms with Crippen LogP contribution in [-0.2, 0) is 6.54 Å². The zero-order chi connectivity index (χ0) is 13.0. The van der Waals surface area contributed by atoms with Gasteiger partial charge in [-0.25, -0.2) is 0 Å². The van der Waals surface area contributed by atoms with Gasteiger partial charge in [0.1, 0.15) is 0 Å². The molecule has 2 fully saturated rings. The number of hydrogen-bond donors (Lipinski definition) is 1. The van der Waals surface area contributed by atoms with Gasteiger partial charge in [0.05, 0.1) is 6.20 Å². The Bertz CT molecular complexity index is 358. The predicted molar refractivity (Wildman–Crippen MR) is 75.8 cm³/mol. The van der Waals surface area contributed by atoms with Crippen LogP contribution < -0.4 is 5.32 Å². The molecule has 0 unspecified atom stereocenters. The molecule has 0 aromatic carbocycles. The molecule has 1 spiro atoms. The first-order valence-electron chi connectivity index (χ1n) is 7.94. The van der Waals surface area contributed by atoms with E-state index in [-0.39, 0.29) is 0 Å². The number of aryl methyl sites for hydroxylation is 1. The SMILES string of the molecule is c1cn(CCCNC2CCC3(CCCC3)CC2)nn1. The number of aromatic nitrogens is 3. The highest BCUT2D eigenvalue weighted by molar-refractivity contribution is 4.91. The van der Waals surface area contributed by atoms with Crippen molar-refractivity contribution in [3.05, 3.63) is 12.4 Å². The van der Waals surface area contributed by atoms with E-state index in [9.17, 15) is 0 Å². The Labute approximate surface area is 116 Å². The molecule has 4 nitrogen and oxygen atoms in total. The number of nitrogens with zero attached hydrogens (tertiary/aromatic N) is 3. The molecule has 19 heavy (non-hydrogen) atoms. The molecule has 106 valence electrons. The van der Waals surface area contributed by atoms with Gasteiger partial charge in [-0.1, -0.05) is 18.1 Å². The summed E-state index contributed by atoms with van der Waals surface area (Å²) in [6, 6.07) is 0.766. The third-order valence-electron chi connectivity index (χ3n) is 5.18. The first-order chi connectivity index (χ1) is 9.36. The van der Waals surface area contributed by atoms with Crippen LogP contribution in [0.5, 0.6) is 0 Å². The molecule has 2 saturated carbocycles. The molecule has 3 rings (SSSR count). The van der Waals surface area contributed by atoms with Gasteiger partial charge in [0.15, 0.2) is 0 Å². The summed E-state index contributed by atoms with van der Waals surface area (Å²) < 4.78 is 1.91. The Morgan fingerprint density at radius 1 is 1.16 bits per heavy atom. The van der Waals surface area contributed by atoms with Crippen molar-refractivity contribution in [1.29, 1.82) is 0 Å². The van der Waals surface area contributed by atoms with E-state index in [0.717, 1.165) is 31.0 Å². The smallest absolute Gasteiger partial charge is 0.0692 e. The lowest BCUT2D eigenvalue weighted by Gasteiger charge is -2.37. The van der Waals surface area contributed by atoms with Crippen LogP contribution in [0.4, 0.5) is 0 Å². The lowest BCUT2D eigenvalue weighted by atomic mass is 9.71. The largest absolute Gasteiger partial charge is 0.314 e. The molecule has 0 saturated heterocycles. The molecule has 2 aliphatic rings. The van der Waals surface area contributed by atoms with Crippen molar-refractivity contribution >= 4 is 0 Å². The predicted octanol–water partition coefficient (Wildman–Crippen LogP) is 2.76. The molecular weight excluding hydrogens is 236 g/mol. The van der Waals surface area contributed by atoms with E-state index in [4.69, 9.17) is 0 Å². The van der Waals surface area contributed by atoms with E-state index < -0.39 is 0 Å². The third-order valence-corrected chi connectivity index (χ3v) is 5.18. The van der Waals surface area contributed by atoms with Crippen molar-refractivity contribution < 1.29 is 0 Å². The summed E-state index contributed by atoms with van der Waals surface area (Å²) >= 11 is 0. The van der Waals surface area contributed by atoms with Crippen LogP contribution in [0, 0.1) is 5.41 Å². The summed E-state index contributed by atoms with van der Waals surface area (Å²) in [5.41, 5.74) is 0.763. The molecule has 1 heterocycles. The molecule has 0 atom stereocenters. The second-order valence-corrected chi connectivity index (χ2v) is 6.46. The zero-order valence-corrected chi connectivity index (χ0v) is 11.9. The average molecular weight is 262 g/mol. The van der Waals surface area contributed by atoms with Crippen molar-refractivity contribution in [2.45, 2.75) is 70.4 Å². The van der Waals surface area contributed by atoms with E-state index >= 15 is 0 Å². The van der Waals surface area contributed by atoms with E-state index in [0.29, 0.717) is 0 Å². The fraction of sp³-hybridized carbons (Fsp3) is 0.867. The van der Waals surface area contributed by atoms with Gasteiger partial charge in [0, 0.05) is 18.8 Å². The summed E-state index contributed by atoms with van der Waals surface area (Å²) in [5.74, 6) is 0. The van der Waals surface area contributed by atoms with Crippen molar-refractivity contribution in [3.8, 4) is 0 Å². The zero-order valence-electron chi connectivity index (χ0n) is 11.9. The van der Waals surface area contributed by atoms with Crippen LogP contribution in [0.15, 0.2) is 12.4 Å². The first-order valence-corrected chi connectivity index (χ1v) is 7.94. The standard InChI is InChI=1S/C15H26N4/c1-2-7-15(6-1)8-4-14(5-9-15)16-10-3-12-19-13-11-17-18-19/h11,13-14,16H,1-10,12H2.